The van der Waals surface area contributed by atoms with Crippen molar-refractivity contribution in [2.75, 3.05) is 11.9 Å². The van der Waals surface area contributed by atoms with E-state index in [0.29, 0.717) is 18.1 Å². The largest absolute Gasteiger partial charge is 0.384 e. The van der Waals surface area contributed by atoms with Gasteiger partial charge in [0.05, 0.1) is 5.92 Å². The Labute approximate surface area is 123 Å². The molecular formula is C16H15ClN2O. The normalized spacial score (nSPS) is 16.4. The van der Waals surface area contributed by atoms with Gasteiger partial charge in [-0.15, -0.1) is 0 Å². The monoisotopic (exact) mass is 286 g/mol. The molecule has 0 saturated carbocycles. The van der Waals surface area contributed by atoms with Gasteiger partial charge in [-0.25, -0.2) is 0 Å². The van der Waals surface area contributed by atoms with Gasteiger partial charge in [0.1, 0.15) is 0 Å². The van der Waals surface area contributed by atoms with Crippen LogP contribution in [0.25, 0.3) is 0 Å². The minimum atomic E-state index is -0.120. The number of anilines is 1. The van der Waals surface area contributed by atoms with E-state index in [2.05, 4.69) is 10.6 Å². The van der Waals surface area contributed by atoms with Crippen molar-refractivity contribution in [3.63, 3.8) is 0 Å². The Morgan fingerprint density at radius 1 is 1.25 bits per heavy atom. The first kappa shape index (κ1) is 13.0. The zero-order valence-electron chi connectivity index (χ0n) is 10.9. The summed E-state index contributed by atoms with van der Waals surface area (Å²) >= 11 is 5.93. The third-order valence-corrected chi connectivity index (χ3v) is 3.74. The Bertz CT molecular complexity index is 642. The van der Waals surface area contributed by atoms with Gasteiger partial charge in [-0.05, 0) is 29.3 Å². The van der Waals surface area contributed by atoms with Gasteiger partial charge in [0.2, 0.25) is 5.91 Å². The third-order valence-electron chi connectivity index (χ3n) is 3.51. The lowest BCUT2D eigenvalue weighted by Crippen LogP contribution is -2.29. The fraction of sp³-hybridized carbons (Fsp3) is 0.188. The first-order valence-electron chi connectivity index (χ1n) is 6.59. The van der Waals surface area contributed by atoms with Crippen molar-refractivity contribution in [1.29, 1.82) is 0 Å². The molecule has 4 heteroatoms. The summed E-state index contributed by atoms with van der Waals surface area (Å²) in [5.41, 5.74) is 3.12. The second-order valence-electron chi connectivity index (χ2n) is 4.87. The number of hydrogen-bond acceptors (Lipinski definition) is 2. The lowest BCUT2D eigenvalue weighted by atomic mass is 10.0. The molecule has 0 saturated heterocycles. The Morgan fingerprint density at radius 3 is 2.95 bits per heavy atom. The third kappa shape index (κ3) is 2.63. The van der Waals surface area contributed by atoms with Crippen molar-refractivity contribution in [2.24, 2.45) is 0 Å². The van der Waals surface area contributed by atoms with E-state index in [4.69, 9.17) is 11.6 Å². The van der Waals surface area contributed by atoms with Crippen LogP contribution in [0, 0.1) is 0 Å². The van der Waals surface area contributed by atoms with Gasteiger partial charge in [0.15, 0.2) is 0 Å². The maximum atomic E-state index is 12.3. The quantitative estimate of drug-likeness (QED) is 0.910. The Morgan fingerprint density at radius 2 is 2.10 bits per heavy atom. The molecule has 2 aromatic carbocycles. The van der Waals surface area contributed by atoms with Gasteiger partial charge < -0.3 is 10.6 Å². The first-order chi connectivity index (χ1) is 9.74. The number of fused-ring (bicyclic) bond motifs is 1. The molecule has 0 radical (unpaired) electrons. The Kier molecular flexibility index (Phi) is 3.61. The topological polar surface area (TPSA) is 41.1 Å². The summed E-state index contributed by atoms with van der Waals surface area (Å²) in [5.74, 6) is -0.0761. The lowest BCUT2D eigenvalue weighted by molar-refractivity contribution is -0.122. The maximum Gasteiger partial charge on any atom is 0.229 e. The highest BCUT2D eigenvalue weighted by Crippen LogP contribution is 2.31. The van der Waals surface area contributed by atoms with Gasteiger partial charge in [0.25, 0.3) is 0 Å². The van der Waals surface area contributed by atoms with Crippen molar-refractivity contribution in [1.82, 2.24) is 5.32 Å². The minimum absolute atomic E-state index is 0.0439. The van der Waals surface area contributed by atoms with Crippen LogP contribution >= 0.6 is 11.6 Å². The number of rotatable bonds is 3. The molecule has 3 nitrogen and oxygen atoms in total. The number of benzene rings is 2. The SMILES string of the molecule is O=C(NCc1cccc(Cl)c1)C1CNc2ccccc21. The highest BCUT2D eigenvalue weighted by molar-refractivity contribution is 6.30. The second-order valence-corrected chi connectivity index (χ2v) is 5.30. The molecule has 2 N–H and O–H groups in total. The van der Waals surface area contributed by atoms with E-state index in [1.807, 2.05) is 48.5 Å². The average Bonchev–Trinajstić information content (AvgIpc) is 2.89. The number of amides is 1. The summed E-state index contributed by atoms with van der Waals surface area (Å²) in [6, 6.07) is 15.5. The van der Waals surface area contributed by atoms with Crippen molar-refractivity contribution in [3.8, 4) is 0 Å². The van der Waals surface area contributed by atoms with Gasteiger partial charge in [-0.1, -0.05) is 41.9 Å². The van der Waals surface area contributed by atoms with Crippen LogP contribution in [0.15, 0.2) is 48.5 Å². The van der Waals surface area contributed by atoms with Crippen LogP contribution in [0.2, 0.25) is 5.02 Å². The van der Waals surface area contributed by atoms with Crippen LogP contribution < -0.4 is 10.6 Å². The number of halogens is 1. The Hall–Kier alpha value is -2.00. The van der Waals surface area contributed by atoms with E-state index in [1.54, 1.807) is 0 Å². The molecule has 0 aromatic heterocycles. The van der Waals surface area contributed by atoms with Crippen molar-refractivity contribution < 1.29 is 4.79 Å². The van der Waals surface area contributed by atoms with E-state index in [9.17, 15) is 4.79 Å². The summed E-state index contributed by atoms with van der Waals surface area (Å²) in [6.07, 6.45) is 0. The molecule has 0 bridgehead atoms. The van der Waals surface area contributed by atoms with Gasteiger partial charge in [-0.3, -0.25) is 4.79 Å². The number of nitrogens with one attached hydrogen (secondary N) is 2. The van der Waals surface area contributed by atoms with Gasteiger partial charge in [0, 0.05) is 23.8 Å². The number of carbonyl (C=O) groups excluding carboxylic acids is 1. The molecular weight excluding hydrogens is 272 g/mol. The van der Waals surface area contributed by atoms with Gasteiger partial charge in [-0.2, -0.15) is 0 Å². The molecule has 0 aliphatic carbocycles. The molecule has 1 unspecified atom stereocenters. The van der Waals surface area contributed by atoms with Crippen LogP contribution in [0.3, 0.4) is 0 Å². The smallest absolute Gasteiger partial charge is 0.229 e. The predicted molar refractivity (Wildman–Crippen MR) is 81.0 cm³/mol. The van der Waals surface area contributed by atoms with E-state index in [-0.39, 0.29) is 11.8 Å². The van der Waals surface area contributed by atoms with Crippen molar-refractivity contribution in [2.45, 2.75) is 12.5 Å². The predicted octanol–water partition coefficient (Wildman–Crippen LogP) is 3.17. The summed E-state index contributed by atoms with van der Waals surface area (Å²) in [5, 5.41) is 6.91. The number of para-hydroxylation sites is 1. The summed E-state index contributed by atoms with van der Waals surface area (Å²) in [7, 11) is 0. The number of carbonyl (C=O) groups is 1. The van der Waals surface area contributed by atoms with Crippen LogP contribution in [0.1, 0.15) is 17.0 Å². The standard InChI is InChI=1S/C16H15ClN2O/c17-12-5-3-4-11(8-12)9-19-16(20)14-10-18-15-7-2-1-6-13(14)15/h1-8,14,18H,9-10H2,(H,19,20). The molecule has 1 aliphatic rings. The average molecular weight is 287 g/mol. The molecule has 3 rings (SSSR count). The van der Waals surface area contributed by atoms with Gasteiger partial charge >= 0.3 is 0 Å². The minimum Gasteiger partial charge on any atom is -0.384 e. The molecule has 0 fully saturated rings. The van der Waals surface area contributed by atoms with Crippen LogP contribution in [-0.4, -0.2) is 12.5 Å². The second kappa shape index (κ2) is 5.55. The molecule has 1 heterocycles. The van der Waals surface area contributed by atoms with Crippen molar-refractivity contribution in [3.05, 3.63) is 64.7 Å². The van der Waals surface area contributed by atoms with Crippen molar-refractivity contribution >= 4 is 23.2 Å². The summed E-state index contributed by atoms with van der Waals surface area (Å²) < 4.78 is 0. The zero-order valence-corrected chi connectivity index (χ0v) is 11.7. The lowest BCUT2D eigenvalue weighted by Gasteiger charge is -2.11. The fourth-order valence-corrected chi connectivity index (χ4v) is 2.69. The van der Waals surface area contributed by atoms with Crippen LogP contribution in [-0.2, 0) is 11.3 Å². The maximum absolute atomic E-state index is 12.3. The number of hydrogen-bond donors (Lipinski definition) is 2. The molecule has 1 amide bonds. The molecule has 20 heavy (non-hydrogen) atoms. The van der Waals surface area contributed by atoms with Crippen LogP contribution in [0.4, 0.5) is 5.69 Å². The van der Waals surface area contributed by atoms with E-state index >= 15 is 0 Å². The van der Waals surface area contributed by atoms with E-state index in [1.165, 1.54) is 0 Å². The summed E-state index contributed by atoms with van der Waals surface area (Å²) in [6.45, 7) is 1.15. The van der Waals surface area contributed by atoms with Crippen LogP contribution in [0.5, 0.6) is 0 Å². The fourth-order valence-electron chi connectivity index (χ4n) is 2.48. The highest BCUT2D eigenvalue weighted by Gasteiger charge is 2.27. The molecule has 1 aliphatic heterocycles. The molecule has 102 valence electrons. The van der Waals surface area contributed by atoms with E-state index in [0.717, 1.165) is 16.8 Å². The highest BCUT2D eigenvalue weighted by atomic mass is 35.5. The molecule has 0 spiro atoms. The first-order valence-corrected chi connectivity index (χ1v) is 6.97. The summed E-state index contributed by atoms with van der Waals surface area (Å²) in [4.78, 5) is 12.3. The Balaban J connectivity index is 1.66. The molecule has 2 aromatic rings. The van der Waals surface area contributed by atoms with E-state index < -0.39 is 0 Å². The molecule has 1 atom stereocenters. The zero-order chi connectivity index (χ0) is 13.9.